The minimum absolute atomic E-state index is 0.0854. The van der Waals surface area contributed by atoms with Crippen LogP contribution in [0.15, 0.2) is 36.5 Å². The van der Waals surface area contributed by atoms with E-state index in [1.54, 1.807) is 19.1 Å². The largest absolute Gasteiger partial charge is 0.509 e. The molecule has 2 rings (SSSR count). The molecule has 0 unspecified atom stereocenters. The van der Waals surface area contributed by atoms with Crippen LogP contribution in [-0.2, 0) is 6.61 Å². The Balaban J connectivity index is 2.19. The molecule has 0 bridgehead atoms. The van der Waals surface area contributed by atoms with Crippen LogP contribution >= 0.6 is 0 Å². The molecule has 0 fully saturated rings. The Kier molecular flexibility index (Phi) is 3.97. The van der Waals surface area contributed by atoms with Crippen molar-refractivity contribution >= 4 is 12.4 Å². The van der Waals surface area contributed by atoms with Gasteiger partial charge in [-0.15, -0.1) is 5.46 Å². The average Bonchev–Trinajstić information content (AvgIpc) is 2.38. The lowest BCUT2D eigenvalue weighted by Crippen LogP contribution is -2.34. The van der Waals surface area contributed by atoms with Crippen molar-refractivity contribution in [3.05, 3.63) is 53.6 Å². The molecule has 0 amide bonds. The van der Waals surface area contributed by atoms with Crippen LogP contribution in [0.3, 0.4) is 0 Å². The van der Waals surface area contributed by atoms with Crippen LogP contribution in [0, 0.1) is 12.7 Å². The van der Waals surface area contributed by atoms with Gasteiger partial charge in [0.2, 0.25) is 0 Å². The van der Waals surface area contributed by atoms with Crippen LogP contribution in [0.1, 0.15) is 11.3 Å². The number of hydrogen-bond acceptors (Lipinski definition) is 2. The summed E-state index contributed by atoms with van der Waals surface area (Å²) in [5, 5.41) is 0. The molecule has 0 aliphatic rings. The van der Waals surface area contributed by atoms with Crippen LogP contribution < -0.4 is 10.2 Å². The molecular formula is C13H11BF4NO-. The monoisotopic (exact) mass is 284 g/mol. The zero-order valence-corrected chi connectivity index (χ0v) is 10.6. The number of pyridine rings is 1. The number of aromatic nitrogens is 1. The van der Waals surface area contributed by atoms with E-state index in [-0.39, 0.29) is 6.61 Å². The highest BCUT2D eigenvalue weighted by Gasteiger charge is 2.26. The van der Waals surface area contributed by atoms with Crippen molar-refractivity contribution in [2.75, 3.05) is 0 Å². The molecule has 2 aromatic rings. The van der Waals surface area contributed by atoms with Crippen LogP contribution in [0.2, 0.25) is 0 Å². The third-order valence-electron chi connectivity index (χ3n) is 2.82. The molecule has 0 spiro atoms. The van der Waals surface area contributed by atoms with Gasteiger partial charge in [-0.05, 0) is 30.7 Å². The maximum atomic E-state index is 13.5. The summed E-state index contributed by atoms with van der Waals surface area (Å²) in [6, 6.07) is 5.65. The summed E-state index contributed by atoms with van der Waals surface area (Å²) >= 11 is 0. The first-order valence-corrected chi connectivity index (χ1v) is 5.90. The molecule has 0 radical (unpaired) electrons. The third-order valence-corrected chi connectivity index (χ3v) is 2.82. The number of hydrogen-bond donors (Lipinski definition) is 0. The van der Waals surface area contributed by atoms with E-state index in [1.807, 2.05) is 0 Å². The fourth-order valence-corrected chi connectivity index (χ4v) is 1.65. The third kappa shape index (κ3) is 3.29. The summed E-state index contributed by atoms with van der Waals surface area (Å²) in [5.41, 5.74) is 0.484. The molecule has 0 saturated heterocycles. The van der Waals surface area contributed by atoms with E-state index in [1.165, 1.54) is 6.20 Å². The van der Waals surface area contributed by atoms with Gasteiger partial charge in [0.15, 0.2) is 11.6 Å². The molecule has 0 atom stereocenters. The Morgan fingerprint density at radius 3 is 2.60 bits per heavy atom. The lowest BCUT2D eigenvalue weighted by atomic mass is 9.80. The van der Waals surface area contributed by atoms with E-state index in [4.69, 9.17) is 4.74 Å². The van der Waals surface area contributed by atoms with Crippen molar-refractivity contribution in [2.24, 2.45) is 0 Å². The van der Waals surface area contributed by atoms with E-state index in [2.05, 4.69) is 4.98 Å². The normalized spacial score (nSPS) is 11.4. The van der Waals surface area contributed by atoms with Crippen LogP contribution in [0.25, 0.3) is 0 Å². The fraction of sp³-hybridized carbons (Fsp3) is 0.154. The van der Waals surface area contributed by atoms with Gasteiger partial charge in [0.05, 0.1) is 5.69 Å². The minimum atomic E-state index is -5.18. The van der Waals surface area contributed by atoms with Gasteiger partial charge in [-0.1, -0.05) is 12.1 Å². The number of halogens is 4. The molecular weight excluding hydrogens is 273 g/mol. The summed E-state index contributed by atoms with van der Waals surface area (Å²) in [5.74, 6) is -1.26. The van der Waals surface area contributed by atoms with Crippen molar-refractivity contribution in [2.45, 2.75) is 13.5 Å². The van der Waals surface area contributed by atoms with Gasteiger partial charge in [-0.3, -0.25) is 4.98 Å². The highest BCUT2D eigenvalue weighted by atomic mass is 19.4. The maximum absolute atomic E-state index is 13.5. The number of aryl methyl sites for hydroxylation is 1. The van der Waals surface area contributed by atoms with Gasteiger partial charge >= 0.3 is 6.98 Å². The number of benzene rings is 1. The Hall–Kier alpha value is -2.05. The van der Waals surface area contributed by atoms with Gasteiger partial charge in [-0.25, -0.2) is 4.39 Å². The van der Waals surface area contributed by atoms with Crippen molar-refractivity contribution in [3.8, 4) is 5.75 Å². The summed E-state index contributed by atoms with van der Waals surface area (Å²) < 4.78 is 56.4. The predicted octanol–water partition coefficient (Wildman–Crippen LogP) is 3.16. The second kappa shape index (κ2) is 5.52. The molecule has 1 heterocycles. The Labute approximate surface area is 113 Å². The smallest absolute Gasteiger partial charge is 0.484 e. The van der Waals surface area contributed by atoms with Gasteiger partial charge in [0, 0.05) is 6.20 Å². The first kappa shape index (κ1) is 14.4. The first-order valence-electron chi connectivity index (χ1n) is 5.90. The summed E-state index contributed by atoms with van der Waals surface area (Å²) in [6.45, 7) is -3.48. The summed E-state index contributed by atoms with van der Waals surface area (Å²) in [6.07, 6.45) is 1.54. The summed E-state index contributed by atoms with van der Waals surface area (Å²) in [7, 11) is 0. The lowest BCUT2D eigenvalue weighted by Gasteiger charge is -2.16. The molecule has 0 aliphatic heterocycles. The first-order chi connectivity index (χ1) is 9.38. The van der Waals surface area contributed by atoms with Crippen molar-refractivity contribution < 1.29 is 22.1 Å². The fourth-order valence-electron chi connectivity index (χ4n) is 1.65. The topological polar surface area (TPSA) is 22.1 Å². The second-order valence-electron chi connectivity index (χ2n) is 4.32. The van der Waals surface area contributed by atoms with Crippen molar-refractivity contribution in [1.29, 1.82) is 0 Å². The van der Waals surface area contributed by atoms with Gasteiger partial charge in [0.25, 0.3) is 0 Å². The van der Waals surface area contributed by atoms with Crippen LogP contribution in [-0.4, -0.2) is 12.0 Å². The molecule has 2 nitrogen and oxygen atoms in total. The molecule has 1 aromatic carbocycles. The average molecular weight is 284 g/mol. The molecule has 0 aliphatic carbocycles. The quantitative estimate of drug-likeness (QED) is 0.635. The lowest BCUT2D eigenvalue weighted by molar-refractivity contribution is 0.285. The molecule has 7 heteroatoms. The zero-order chi connectivity index (χ0) is 14.8. The Bertz CT molecular complexity index is 616. The number of nitrogens with zero attached hydrogens (tertiary/aromatic N) is 1. The van der Waals surface area contributed by atoms with Crippen LogP contribution in [0.4, 0.5) is 17.3 Å². The molecule has 20 heavy (non-hydrogen) atoms. The minimum Gasteiger partial charge on any atom is -0.484 e. The van der Waals surface area contributed by atoms with Crippen LogP contribution in [0.5, 0.6) is 5.75 Å². The second-order valence-corrected chi connectivity index (χ2v) is 4.32. The van der Waals surface area contributed by atoms with E-state index in [9.17, 15) is 17.3 Å². The van der Waals surface area contributed by atoms with Gasteiger partial charge in [0.1, 0.15) is 6.61 Å². The van der Waals surface area contributed by atoms with E-state index in [0.717, 1.165) is 11.6 Å². The molecule has 106 valence electrons. The Morgan fingerprint density at radius 1 is 1.20 bits per heavy atom. The Morgan fingerprint density at radius 2 is 1.95 bits per heavy atom. The van der Waals surface area contributed by atoms with E-state index < -0.39 is 24.0 Å². The van der Waals surface area contributed by atoms with Gasteiger partial charge in [-0.2, -0.15) is 0 Å². The van der Waals surface area contributed by atoms with Crippen molar-refractivity contribution in [1.82, 2.24) is 4.98 Å². The summed E-state index contributed by atoms with van der Waals surface area (Å²) in [4.78, 5) is 4.03. The zero-order valence-electron chi connectivity index (χ0n) is 10.6. The number of rotatable bonds is 4. The highest BCUT2D eigenvalue weighted by molar-refractivity contribution is 6.73. The molecule has 1 aromatic heterocycles. The highest BCUT2D eigenvalue weighted by Crippen LogP contribution is 2.20. The van der Waals surface area contributed by atoms with E-state index >= 15 is 0 Å². The van der Waals surface area contributed by atoms with Gasteiger partial charge < -0.3 is 17.7 Å². The molecule has 0 N–H and O–H groups in total. The number of ether oxygens (including phenoxy) is 1. The SMILES string of the molecule is Cc1cccnc1COc1cc([B-](F)(F)F)ccc1F. The maximum Gasteiger partial charge on any atom is 0.509 e. The van der Waals surface area contributed by atoms with E-state index in [0.29, 0.717) is 17.8 Å². The van der Waals surface area contributed by atoms with Crippen molar-refractivity contribution in [3.63, 3.8) is 0 Å². The predicted molar refractivity (Wildman–Crippen MR) is 68.4 cm³/mol. The standard InChI is InChI=1S/C13H11BF4NO/c1-9-3-2-6-19-12(9)8-20-13-7-10(14(16,17)18)4-5-11(13)15/h2-7H,8H2,1H3/q-1. The molecule has 0 saturated carbocycles.